The van der Waals surface area contributed by atoms with E-state index in [2.05, 4.69) is 26.3 Å². The average molecular weight is 392 g/mol. The van der Waals surface area contributed by atoms with Crippen molar-refractivity contribution in [2.45, 2.75) is 13.3 Å². The summed E-state index contributed by atoms with van der Waals surface area (Å²) in [6.07, 6.45) is -0.610. The molecule has 0 fully saturated rings. The first kappa shape index (κ1) is 21.1. The highest BCUT2D eigenvalue weighted by Crippen LogP contribution is 2.07. The molecular formula is C20H20N6O3. The van der Waals surface area contributed by atoms with Gasteiger partial charge in [0.05, 0.1) is 18.2 Å². The standard InChI is InChI=1S/C20H20N6O3/c1-15(25-22-14-8-13-21)18(19(27)23-16-9-4-2-5-10-16)26-29-20(28)24-17-11-6-3-7-12-17/h2-7,9-12,22H,8,14H2,1H3,(H,23,27)(H,24,28). The molecule has 148 valence electrons. The molecule has 3 N–H and O–H groups in total. The second kappa shape index (κ2) is 11.5. The molecule has 0 saturated heterocycles. The molecule has 0 aliphatic rings. The third-order valence-electron chi connectivity index (χ3n) is 3.42. The number of nitrogens with one attached hydrogen (secondary N) is 3. The Kier molecular flexibility index (Phi) is 8.38. The molecule has 0 bridgehead atoms. The van der Waals surface area contributed by atoms with Gasteiger partial charge in [0.1, 0.15) is 0 Å². The second-order valence-corrected chi connectivity index (χ2v) is 5.64. The minimum atomic E-state index is -0.855. The van der Waals surface area contributed by atoms with E-state index in [9.17, 15) is 9.59 Å². The molecule has 0 radical (unpaired) electrons. The molecule has 2 rings (SSSR count). The fraction of sp³-hybridized carbons (Fsp3) is 0.150. The molecule has 0 heterocycles. The lowest BCUT2D eigenvalue weighted by atomic mass is 10.2. The van der Waals surface area contributed by atoms with Gasteiger partial charge in [-0.25, -0.2) is 4.79 Å². The number of amides is 2. The van der Waals surface area contributed by atoms with Crippen molar-refractivity contribution in [3.8, 4) is 6.07 Å². The van der Waals surface area contributed by atoms with Crippen LogP contribution in [0.4, 0.5) is 16.2 Å². The number of hydrazone groups is 1. The molecule has 2 amide bonds. The van der Waals surface area contributed by atoms with Gasteiger partial charge in [0.15, 0.2) is 5.71 Å². The van der Waals surface area contributed by atoms with E-state index in [1.54, 1.807) is 54.6 Å². The third-order valence-corrected chi connectivity index (χ3v) is 3.42. The van der Waals surface area contributed by atoms with E-state index in [-0.39, 0.29) is 17.8 Å². The predicted octanol–water partition coefficient (Wildman–Crippen LogP) is 3.11. The summed E-state index contributed by atoms with van der Waals surface area (Å²) in [6, 6.07) is 19.4. The van der Waals surface area contributed by atoms with Crippen LogP contribution in [0.5, 0.6) is 0 Å². The molecular weight excluding hydrogens is 372 g/mol. The SMILES string of the molecule is CC(=NNCCC#N)C(=NOC(=O)Nc1ccccc1)C(=O)Nc1ccccc1. The highest BCUT2D eigenvalue weighted by atomic mass is 16.7. The Labute approximate surface area is 168 Å². The number of oxime groups is 1. The maximum absolute atomic E-state index is 12.6. The van der Waals surface area contributed by atoms with Crippen LogP contribution in [0.3, 0.4) is 0 Å². The summed E-state index contributed by atoms with van der Waals surface area (Å²) in [5, 5.41) is 21.4. The van der Waals surface area contributed by atoms with E-state index in [0.717, 1.165) is 0 Å². The minimum absolute atomic E-state index is 0.184. The fourth-order valence-corrected chi connectivity index (χ4v) is 2.07. The number of nitrogens with zero attached hydrogens (tertiary/aromatic N) is 3. The monoisotopic (exact) mass is 392 g/mol. The quantitative estimate of drug-likeness (QED) is 0.275. The lowest BCUT2D eigenvalue weighted by Gasteiger charge is -2.08. The van der Waals surface area contributed by atoms with Crippen LogP contribution in [0.1, 0.15) is 13.3 Å². The Morgan fingerprint density at radius 3 is 2.17 bits per heavy atom. The topological polar surface area (TPSA) is 128 Å². The summed E-state index contributed by atoms with van der Waals surface area (Å²) >= 11 is 0. The molecule has 0 aliphatic carbocycles. The van der Waals surface area contributed by atoms with Crippen LogP contribution in [-0.4, -0.2) is 30.0 Å². The first-order chi connectivity index (χ1) is 14.1. The maximum atomic E-state index is 12.6. The van der Waals surface area contributed by atoms with E-state index in [1.165, 1.54) is 6.92 Å². The minimum Gasteiger partial charge on any atom is -0.320 e. The third kappa shape index (κ3) is 7.52. The van der Waals surface area contributed by atoms with Crippen LogP contribution < -0.4 is 16.1 Å². The lowest BCUT2D eigenvalue weighted by Crippen LogP contribution is -2.31. The number of para-hydroxylation sites is 2. The Morgan fingerprint density at radius 1 is 1.00 bits per heavy atom. The number of nitriles is 1. The number of anilines is 2. The first-order valence-corrected chi connectivity index (χ1v) is 8.72. The van der Waals surface area contributed by atoms with Crippen molar-refractivity contribution in [1.29, 1.82) is 5.26 Å². The Morgan fingerprint density at radius 2 is 1.59 bits per heavy atom. The van der Waals surface area contributed by atoms with Gasteiger partial charge in [-0.1, -0.05) is 41.6 Å². The number of benzene rings is 2. The molecule has 0 spiro atoms. The van der Waals surface area contributed by atoms with Crippen LogP contribution in [0, 0.1) is 11.3 Å². The molecule has 9 nitrogen and oxygen atoms in total. The van der Waals surface area contributed by atoms with Gasteiger partial charge in [-0.2, -0.15) is 10.4 Å². The van der Waals surface area contributed by atoms with E-state index in [4.69, 9.17) is 10.1 Å². The molecule has 0 unspecified atom stereocenters. The smallest absolute Gasteiger partial charge is 0.320 e. The molecule has 2 aromatic rings. The van der Waals surface area contributed by atoms with Crippen LogP contribution in [-0.2, 0) is 9.63 Å². The van der Waals surface area contributed by atoms with Crippen molar-refractivity contribution >= 4 is 34.8 Å². The van der Waals surface area contributed by atoms with Gasteiger partial charge in [0, 0.05) is 17.9 Å². The maximum Gasteiger partial charge on any atom is 0.437 e. The number of carbonyl (C=O) groups is 2. The lowest BCUT2D eigenvalue weighted by molar-refractivity contribution is -0.110. The average Bonchev–Trinajstić information content (AvgIpc) is 2.73. The number of rotatable bonds is 8. The normalized spacial score (nSPS) is 11.2. The van der Waals surface area contributed by atoms with Crippen molar-refractivity contribution in [3.05, 3.63) is 60.7 Å². The van der Waals surface area contributed by atoms with Gasteiger partial charge < -0.3 is 10.7 Å². The molecule has 0 saturated carbocycles. The Balaban J connectivity index is 2.11. The summed E-state index contributed by atoms with van der Waals surface area (Å²) in [5.74, 6) is -0.605. The van der Waals surface area contributed by atoms with Crippen molar-refractivity contribution in [2.24, 2.45) is 10.3 Å². The van der Waals surface area contributed by atoms with Crippen molar-refractivity contribution in [2.75, 3.05) is 17.2 Å². The molecule has 9 heteroatoms. The number of hydrogen-bond donors (Lipinski definition) is 3. The summed E-state index contributed by atoms with van der Waals surface area (Å²) in [4.78, 5) is 29.4. The van der Waals surface area contributed by atoms with Crippen LogP contribution in [0.2, 0.25) is 0 Å². The zero-order valence-electron chi connectivity index (χ0n) is 15.8. The van der Waals surface area contributed by atoms with E-state index in [0.29, 0.717) is 17.9 Å². The van der Waals surface area contributed by atoms with Crippen molar-refractivity contribution < 1.29 is 14.4 Å². The molecule has 0 aliphatic heterocycles. The summed E-state index contributed by atoms with van der Waals surface area (Å²) in [5.41, 5.74) is 3.72. The Bertz CT molecular complexity index is 920. The zero-order valence-corrected chi connectivity index (χ0v) is 15.8. The number of carbonyl (C=O) groups excluding carboxylic acids is 2. The number of hydrogen-bond acceptors (Lipinski definition) is 7. The van der Waals surface area contributed by atoms with Gasteiger partial charge in [0.25, 0.3) is 5.91 Å². The summed E-state index contributed by atoms with van der Waals surface area (Å²) in [6.45, 7) is 1.83. The molecule has 0 aromatic heterocycles. The zero-order chi connectivity index (χ0) is 20.9. The highest BCUT2D eigenvalue weighted by Gasteiger charge is 2.18. The first-order valence-electron chi connectivity index (χ1n) is 8.72. The molecule has 2 aromatic carbocycles. The molecule has 29 heavy (non-hydrogen) atoms. The van der Waals surface area contributed by atoms with Crippen molar-refractivity contribution in [1.82, 2.24) is 5.43 Å². The molecule has 0 atom stereocenters. The predicted molar refractivity (Wildman–Crippen MR) is 110 cm³/mol. The van der Waals surface area contributed by atoms with Gasteiger partial charge >= 0.3 is 6.09 Å². The van der Waals surface area contributed by atoms with E-state index >= 15 is 0 Å². The van der Waals surface area contributed by atoms with Gasteiger partial charge in [0.2, 0.25) is 0 Å². The second-order valence-electron chi connectivity index (χ2n) is 5.64. The summed E-state index contributed by atoms with van der Waals surface area (Å²) in [7, 11) is 0. The van der Waals surface area contributed by atoms with Crippen LogP contribution in [0.15, 0.2) is 70.9 Å². The van der Waals surface area contributed by atoms with Crippen LogP contribution >= 0.6 is 0 Å². The van der Waals surface area contributed by atoms with Gasteiger partial charge in [-0.3, -0.25) is 14.9 Å². The van der Waals surface area contributed by atoms with E-state index in [1.807, 2.05) is 12.1 Å². The largest absolute Gasteiger partial charge is 0.437 e. The highest BCUT2D eigenvalue weighted by molar-refractivity contribution is 6.68. The van der Waals surface area contributed by atoms with E-state index < -0.39 is 12.0 Å². The summed E-state index contributed by atoms with van der Waals surface area (Å²) < 4.78 is 0. The Hall–Kier alpha value is -4.19. The van der Waals surface area contributed by atoms with Gasteiger partial charge in [-0.05, 0) is 31.2 Å². The fourth-order valence-electron chi connectivity index (χ4n) is 2.07. The van der Waals surface area contributed by atoms with Crippen LogP contribution in [0.25, 0.3) is 0 Å². The van der Waals surface area contributed by atoms with Crippen molar-refractivity contribution in [3.63, 3.8) is 0 Å². The van der Waals surface area contributed by atoms with Gasteiger partial charge in [-0.15, -0.1) is 0 Å².